The number of sulfonamides is 1. The molecule has 0 bridgehead atoms. The second kappa shape index (κ2) is 5.09. The smallest absolute Gasteiger partial charge is 0.266 e. The number of nitrogens with zero attached hydrogens (tertiary/aromatic N) is 3. The maximum absolute atomic E-state index is 12.2. The highest BCUT2D eigenvalue weighted by Crippen LogP contribution is 2.13. The molecule has 1 aromatic rings. The Balaban J connectivity index is 3.15. The summed E-state index contributed by atoms with van der Waals surface area (Å²) in [5.74, 6) is -0.550. The van der Waals surface area contributed by atoms with Crippen LogP contribution in [0, 0.1) is 6.92 Å². The molecule has 7 heteroatoms. The van der Waals surface area contributed by atoms with Gasteiger partial charge in [0.25, 0.3) is 5.91 Å². The van der Waals surface area contributed by atoms with Crippen molar-refractivity contribution in [2.24, 2.45) is 0 Å². The summed E-state index contributed by atoms with van der Waals surface area (Å²) < 4.78 is 26.1. The van der Waals surface area contributed by atoms with Crippen LogP contribution in [-0.2, 0) is 16.6 Å². The summed E-state index contributed by atoms with van der Waals surface area (Å²) in [4.78, 5) is 12.2. The van der Waals surface area contributed by atoms with E-state index >= 15 is 0 Å². The van der Waals surface area contributed by atoms with Crippen molar-refractivity contribution in [2.45, 2.75) is 39.5 Å². The fourth-order valence-corrected chi connectivity index (χ4v) is 2.51. The molecule has 0 atom stereocenters. The zero-order valence-corrected chi connectivity index (χ0v) is 12.2. The predicted molar refractivity (Wildman–Crippen MR) is 68.8 cm³/mol. The van der Waals surface area contributed by atoms with Crippen LogP contribution in [0.3, 0.4) is 0 Å². The van der Waals surface area contributed by atoms with Gasteiger partial charge in [-0.05, 0) is 33.8 Å². The summed E-state index contributed by atoms with van der Waals surface area (Å²) in [5, 5.41) is 3.50. The predicted octanol–water partition coefficient (Wildman–Crippen LogP) is 1.02. The first-order chi connectivity index (χ1) is 8.21. The first-order valence-electron chi connectivity index (χ1n) is 5.78. The first-order valence-corrected chi connectivity index (χ1v) is 7.28. The molecule has 0 aromatic carbocycles. The van der Waals surface area contributed by atoms with Crippen molar-refractivity contribution in [1.29, 1.82) is 0 Å². The largest absolute Gasteiger partial charge is 0.285 e. The van der Waals surface area contributed by atoms with Gasteiger partial charge in [-0.25, -0.2) is 12.7 Å². The molecule has 0 saturated carbocycles. The molecule has 0 unspecified atom stereocenters. The van der Waals surface area contributed by atoms with E-state index in [2.05, 4.69) is 5.10 Å². The number of hydrogen-bond donors (Lipinski definition) is 0. The summed E-state index contributed by atoms with van der Waals surface area (Å²) in [5.41, 5.74) is 0.984. The van der Waals surface area contributed by atoms with E-state index in [-0.39, 0.29) is 0 Å². The van der Waals surface area contributed by atoms with Gasteiger partial charge in [-0.15, -0.1) is 0 Å². The Labute approximate surface area is 108 Å². The van der Waals surface area contributed by atoms with Gasteiger partial charge in [0.2, 0.25) is 10.0 Å². The van der Waals surface area contributed by atoms with Crippen LogP contribution in [0.1, 0.15) is 37.0 Å². The Bertz CT molecular complexity index is 546. The Morgan fingerprint density at radius 2 is 2.06 bits per heavy atom. The van der Waals surface area contributed by atoms with E-state index in [0.29, 0.717) is 17.9 Å². The van der Waals surface area contributed by atoms with Crippen LogP contribution in [0.15, 0.2) is 6.07 Å². The van der Waals surface area contributed by atoms with Gasteiger partial charge in [0.05, 0.1) is 10.9 Å². The van der Waals surface area contributed by atoms with E-state index in [9.17, 15) is 13.2 Å². The minimum Gasteiger partial charge on any atom is -0.266 e. The van der Waals surface area contributed by atoms with E-state index in [4.69, 9.17) is 0 Å². The standard InChI is InChI=1S/C11H19N3O3S/c1-6-14-10(7-9(4)12-14)11(15)13(5)18(16,17)8(2)3/h7-8H,6H2,1-5H3. The molecule has 0 fully saturated rings. The maximum Gasteiger partial charge on any atom is 0.285 e. The molecule has 102 valence electrons. The normalized spacial score (nSPS) is 11.9. The van der Waals surface area contributed by atoms with Gasteiger partial charge >= 0.3 is 0 Å². The first kappa shape index (κ1) is 14.7. The molecule has 0 N–H and O–H groups in total. The Kier molecular flexibility index (Phi) is 4.16. The molecule has 0 spiro atoms. The van der Waals surface area contributed by atoms with Crippen molar-refractivity contribution in [3.05, 3.63) is 17.5 Å². The minimum absolute atomic E-state index is 0.293. The van der Waals surface area contributed by atoms with E-state index in [1.54, 1.807) is 26.8 Å². The van der Waals surface area contributed by atoms with Gasteiger partial charge in [-0.1, -0.05) is 0 Å². The number of carbonyl (C=O) groups is 1. The second-order valence-electron chi connectivity index (χ2n) is 4.35. The highest BCUT2D eigenvalue weighted by molar-refractivity contribution is 7.90. The summed E-state index contributed by atoms with van der Waals surface area (Å²) >= 11 is 0. The lowest BCUT2D eigenvalue weighted by Gasteiger charge is -2.20. The van der Waals surface area contributed by atoms with Gasteiger partial charge < -0.3 is 0 Å². The molecular formula is C11H19N3O3S. The number of aryl methyl sites for hydroxylation is 2. The molecule has 18 heavy (non-hydrogen) atoms. The zero-order valence-electron chi connectivity index (χ0n) is 11.3. The SMILES string of the molecule is CCn1nc(C)cc1C(=O)N(C)S(=O)(=O)C(C)C. The molecule has 0 aliphatic carbocycles. The number of carbonyl (C=O) groups excluding carboxylic acids is 1. The highest BCUT2D eigenvalue weighted by atomic mass is 32.2. The van der Waals surface area contributed by atoms with Crippen LogP contribution >= 0.6 is 0 Å². The Morgan fingerprint density at radius 1 is 1.50 bits per heavy atom. The topological polar surface area (TPSA) is 72.3 Å². The van der Waals surface area contributed by atoms with Crippen LogP contribution in [0.25, 0.3) is 0 Å². The zero-order chi connectivity index (χ0) is 14.1. The van der Waals surface area contributed by atoms with E-state index in [1.807, 2.05) is 6.92 Å². The van der Waals surface area contributed by atoms with Crippen molar-refractivity contribution in [3.63, 3.8) is 0 Å². The van der Waals surface area contributed by atoms with Crippen molar-refractivity contribution >= 4 is 15.9 Å². The van der Waals surface area contributed by atoms with Crippen LogP contribution in [-0.4, -0.2) is 40.7 Å². The van der Waals surface area contributed by atoms with Crippen molar-refractivity contribution in [1.82, 2.24) is 14.1 Å². The maximum atomic E-state index is 12.2. The van der Waals surface area contributed by atoms with E-state index in [1.165, 1.54) is 11.7 Å². The van der Waals surface area contributed by atoms with Gasteiger partial charge in [-0.3, -0.25) is 9.48 Å². The fraction of sp³-hybridized carbons (Fsp3) is 0.636. The molecule has 0 radical (unpaired) electrons. The number of aromatic nitrogens is 2. The third kappa shape index (κ3) is 2.55. The number of hydrogen-bond acceptors (Lipinski definition) is 4. The van der Waals surface area contributed by atoms with Crippen LogP contribution < -0.4 is 0 Å². The van der Waals surface area contributed by atoms with Gasteiger partial charge in [-0.2, -0.15) is 5.10 Å². The average molecular weight is 273 g/mol. The third-order valence-corrected chi connectivity index (χ3v) is 4.80. The molecular weight excluding hydrogens is 254 g/mol. The van der Waals surface area contributed by atoms with Gasteiger partial charge in [0, 0.05) is 13.6 Å². The van der Waals surface area contributed by atoms with Gasteiger partial charge in [0.15, 0.2) is 0 Å². The minimum atomic E-state index is -3.60. The highest BCUT2D eigenvalue weighted by Gasteiger charge is 2.29. The van der Waals surface area contributed by atoms with Crippen LogP contribution in [0.2, 0.25) is 0 Å². The van der Waals surface area contributed by atoms with E-state index in [0.717, 1.165) is 4.31 Å². The summed E-state index contributed by atoms with van der Waals surface area (Å²) in [6, 6.07) is 1.60. The molecule has 0 saturated heterocycles. The summed E-state index contributed by atoms with van der Waals surface area (Å²) in [6.07, 6.45) is 0. The van der Waals surface area contributed by atoms with Gasteiger partial charge in [0.1, 0.15) is 5.69 Å². The molecule has 6 nitrogen and oxygen atoms in total. The quantitative estimate of drug-likeness (QED) is 0.821. The number of rotatable bonds is 4. The molecule has 1 rings (SSSR count). The lowest BCUT2D eigenvalue weighted by Crippen LogP contribution is -2.38. The molecule has 0 aliphatic rings. The lowest BCUT2D eigenvalue weighted by molar-refractivity contribution is 0.0871. The molecule has 0 aliphatic heterocycles. The van der Waals surface area contributed by atoms with Crippen molar-refractivity contribution in [2.75, 3.05) is 7.05 Å². The molecule has 1 heterocycles. The monoisotopic (exact) mass is 273 g/mol. The van der Waals surface area contributed by atoms with Crippen molar-refractivity contribution in [3.8, 4) is 0 Å². The number of amides is 1. The van der Waals surface area contributed by atoms with Crippen LogP contribution in [0.4, 0.5) is 0 Å². The van der Waals surface area contributed by atoms with Crippen LogP contribution in [0.5, 0.6) is 0 Å². The van der Waals surface area contributed by atoms with E-state index < -0.39 is 21.2 Å². The lowest BCUT2D eigenvalue weighted by atomic mass is 10.3. The Hall–Kier alpha value is -1.37. The van der Waals surface area contributed by atoms with Crippen molar-refractivity contribution < 1.29 is 13.2 Å². The second-order valence-corrected chi connectivity index (χ2v) is 6.87. The summed E-state index contributed by atoms with van der Waals surface area (Å²) in [6.45, 7) is 7.22. The summed E-state index contributed by atoms with van der Waals surface area (Å²) in [7, 11) is -2.32. The average Bonchev–Trinajstić information content (AvgIpc) is 2.68. The molecule has 1 amide bonds. The third-order valence-electron chi connectivity index (χ3n) is 2.68. The Morgan fingerprint density at radius 3 is 2.50 bits per heavy atom. The molecule has 1 aromatic heterocycles. The fourth-order valence-electron chi connectivity index (χ4n) is 1.55.